The number of nitrogens with one attached hydrogen (secondary N) is 2. The average Bonchev–Trinajstić information content (AvgIpc) is 3.15. The van der Waals surface area contributed by atoms with Crippen LogP contribution in [0.4, 0.5) is 4.39 Å². The number of aromatic nitrogens is 2. The standard InChI is InChI=1S/C15H18FN3O/c1-20-14-5-4-11(6-12(14)16)13-8-18-15(19-13)9-17-7-10-2-3-10/h4-6,8,10,17H,2-3,7,9H2,1H3,(H,18,19). The molecule has 0 aliphatic heterocycles. The predicted molar refractivity (Wildman–Crippen MR) is 75.0 cm³/mol. The van der Waals surface area contributed by atoms with Crippen molar-refractivity contribution < 1.29 is 9.13 Å². The van der Waals surface area contributed by atoms with Crippen molar-refractivity contribution >= 4 is 0 Å². The van der Waals surface area contributed by atoms with Gasteiger partial charge in [-0.15, -0.1) is 0 Å². The molecule has 4 nitrogen and oxygen atoms in total. The number of nitrogens with zero attached hydrogens (tertiary/aromatic N) is 1. The zero-order valence-electron chi connectivity index (χ0n) is 11.4. The number of aromatic amines is 1. The summed E-state index contributed by atoms with van der Waals surface area (Å²) in [5.41, 5.74) is 1.58. The third-order valence-electron chi connectivity index (χ3n) is 3.51. The number of H-pyrrole nitrogens is 1. The molecule has 1 saturated carbocycles. The van der Waals surface area contributed by atoms with Gasteiger partial charge in [0.05, 0.1) is 25.5 Å². The first-order valence-electron chi connectivity index (χ1n) is 6.85. The third kappa shape index (κ3) is 2.99. The second-order valence-corrected chi connectivity index (χ2v) is 5.17. The summed E-state index contributed by atoms with van der Waals surface area (Å²) in [6.07, 6.45) is 4.40. The van der Waals surface area contributed by atoms with Crippen molar-refractivity contribution in [2.45, 2.75) is 19.4 Å². The van der Waals surface area contributed by atoms with Crippen LogP contribution >= 0.6 is 0 Å². The fourth-order valence-electron chi connectivity index (χ4n) is 2.15. The molecule has 2 aromatic rings. The molecule has 0 spiro atoms. The molecule has 1 aromatic carbocycles. The number of ether oxygens (including phenoxy) is 1. The van der Waals surface area contributed by atoms with E-state index in [2.05, 4.69) is 15.3 Å². The van der Waals surface area contributed by atoms with Crippen molar-refractivity contribution in [3.05, 3.63) is 36.0 Å². The van der Waals surface area contributed by atoms with Crippen molar-refractivity contribution in [2.75, 3.05) is 13.7 Å². The predicted octanol–water partition coefficient (Wildman–Crippen LogP) is 2.72. The van der Waals surface area contributed by atoms with Crippen LogP contribution in [0.5, 0.6) is 5.75 Å². The maximum absolute atomic E-state index is 13.7. The Morgan fingerprint density at radius 1 is 1.45 bits per heavy atom. The zero-order valence-corrected chi connectivity index (χ0v) is 11.4. The second-order valence-electron chi connectivity index (χ2n) is 5.17. The van der Waals surface area contributed by atoms with Crippen LogP contribution in [0.15, 0.2) is 24.4 Å². The molecule has 1 aliphatic carbocycles. The van der Waals surface area contributed by atoms with Crippen LogP contribution in [0.2, 0.25) is 0 Å². The Labute approximate surface area is 117 Å². The van der Waals surface area contributed by atoms with Gasteiger partial charge >= 0.3 is 0 Å². The fourth-order valence-corrected chi connectivity index (χ4v) is 2.15. The molecule has 0 atom stereocenters. The van der Waals surface area contributed by atoms with Gasteiger partial charge in [-0.25, -0.2) is 9.37 Å². The molecule has 0 amide bonds. The molecule has 20 heavy (non-hydrogen) atoms. The minimum atomic E-state index is -0.368. The molecule has 0 saturated heterocycles. The lowest BCUT2D eigenvalue weighted by Gasteiger charge is -2.03. The molecule has 106 valence electrons. The van der Waals surface area contributed by atoms with Gasteiger partial charge < -0.3 is 15.0 Å². The Bertz CT molecular complexity index is 593. The summed E-state index contributed by atoms with van der Waals surface area (Å²) in [6.45, 7) is 1.77. The molecule has 5 heteroatoms. The first-order chi connectivity index (χ1) is 9.76. The van der Waals surface area contributed by atoms with Crippen LogP contribution in [0, 0.1) is 11.7 Å². The molecular weight excluding hydrogens is 257 g/mol. The number of hydrogen-bond donors (Lipinski definition) is 2. The zero-order chi connectivity index (χ0) is 13.9. The summed E-state index contributed by atoms with van der Waals surface area (Å²) in [5, 5.41) is 3.37. The SMILES string of the molecule is COc1ccc(-c2cnc(CNCC3CC3)[nH]2)cc1F. The lowest BCUT2D eigenvalue weighted by Crippen LogP contribution is -2.16. The molecule has 1 heterocycles. The van der Waals surface area contributed by atoms with E-state index < -0.39 is 0 Å². The minimum absolute atomic E-state index is 0.250. The summed E-state index contributed by atoms with van der Waals surface area (Å²) in [7, 11) is 1.46. The fraction of sp³-hybridized carbons (Fsp3) is 0.400. The summed E-state index contributed by atoms with van der Waals surface area (Å²) in [6, 6.07) is 4.89. The quantitative estimate of drug-likeness (QED) is 0.852. The normalized spacial score (nSPS) is 14.5. The Morgan fingerprint density at radius 2 is 2.30 bits per heavy atom. The maximum atomic E-state index is 13.7. The van der Waals surface area contributed by atoms with E-state index in [4.69, 9.17) is 4.74 Å². The number of hydrogen-bond acceptors (Lipinski definition) is 3. The average molecular weight is 275 g/mol. The molecule has 1 aromatic heterocycles. The Morgan fingerprint density at radius 3 is 3.00 bits per heavy atom. The van der Waals surface area contributed by atoms with Gasteiger partial charge in [-0.2, -0.15) is 0 Å². The molecule has 1 fully saturated rings. The molecule has 1 aliphatic rings. The Hall–Kier alpha value is -1.88. The van der Waals surface area contributed by atoms with Gasteiger partial charge in [0.1, 0.15) is 5.82 Å². The smallest absolute Gasteiger partial charge is 0.165 e. The van der Waals surface area contributed by atoms with Gasteiger partial charge in [0.2, 0.25) is 0 Å². The summed E-state index contributed by atoms with van der Waals surface area (Å²) >= 11 is 0. The topological polar surface area (TPSA) is 49.9 Å². The second kappa shape index (κ2) is 5.63. The van der Waals surface area contributed by atoms with E-state index in [0.717, 1.165) is 36.1 Å². The van der Waals surface area contributed by atoms with Crippen molar-refractivity contribution in [1.82, 2.24) is 15.3 Å². The van der Waals surface area contributed by atoms with Gasteiger partial charge in [0, 0.05) is 5.56 Å². The minimum Gasteiger partial charge on any atom is -0.494 e. The van der Waals surface area contributed by atoms with E-state index >= 15 is 0 Å². The Balaban J connectivity index is 1.67. The van der Waals surface area contributed by atoms with Crippen LogP contribution < -0.4 is 10.1 Å². The van der Waals surface area contributed by atoms with Crippen molar-refractivity contribution in [3.63, 3.8) is 0 Å². The molecular formula is C15H18FN3O. The lowest BCUT2D eigenvalue weighted by atomic mass is 10.1. The van der Waals surface area contributed by atoms with E-state index in [1.807, 2.05) is 6.07 Å². The monoisotopic (exact) mass is 275 g/mol. The lowest BCUT2D eigenvalue weighted by molar-refractivity contribution is 0.386. The van der Waals surface area contributed by atoms with Gasteiger partial charge in [-0.05, 0) is 43.5 Å². The largest absolute Gasteiger partial charge is 0.494 e. The molecule has 0 unspecified atom stereocenters. The highest BCUT2D eigenvalue weighted by molar-refractivity contribution is 5.59. The van der Waals surface area contributed by atoms with Gasteiger partial charge in [-0.3, -0.25) is 0 Å². The molecule has 3 rings (SSSR count). The van der Waals surface area contributed by atoms with Crippen LogP contribution in [0.1, 0.15) is 18.7 Å². The maximum Gasteiger partial charge on any atom is 0.165 e. The summed E-state index contributed by atoms with van der Waals surface area (Å²) < 4.78 is 18.6. The first kappa shape index (κ1) is 13.1. The highest BCUT2D eigenvalue weighted by Crippen LogP contribution is 2.27. The van der Waals surface area contributed by atoms with Gasteiger partial charge in [0.25, 0.3) is 0 Å². The highest BCUT2D eigenvalue weighted by Gasteiger charge is 2.20. The van der Waals surface area contributed by atoms with Crippen molar-refractivity contribution in [3.8, 4) is 17.0 Å². The van der Waals surface area contributed by atoms with E-state index in [1.165, 1.54) is 26.0 Å². The van der Waals surface area contributed by atoms with E-state index in [-0.39, 0.29) is 11.6 Å². The number of halogens is 1. The molecule has 2 N–H and O–H groups in total. The highest BCUT2D eigenvalue weighted by atomic mass is 19.1. The van der Waals surface area contributed by atoms with Crippen LogP contribution in [-0.4, -0.2) is 23.6 Å². The number of benzene rings is 1. The van der Waals surface area contributed by atoms with Gasteiger partial charge in [0.15, 0.2) is 11.6 Å². The van der Waals surface area contributed by atoms with Gasteiger partial charge in [-0.1, -0.05) is 0 Å². The first-order valence-corrected chi connectivity index (χ1v) is 6.85. The van der Waals surface area contributed by atoms with Crippen molar-refractivity contribution in [2.24, 2.45) is 5.92 Å². The van der Waals surface area contributed by atoms with Crippen LogP contribution in [-0.2, 0) is 6.54 Å². The van der Waals surface area contributed by atoms with Crippen LogP contribution in [0.25, 0.3) is 11.3 Å². The summed E-state index contributed by atoms with van der Waals surface area (Å²) in [5.74, 6) is 1.60. The number of imidazole rings is 1. The van der Waals surface area contributed by atoms with E-state index in [1.54, 1.807) is 12.3 Å². The number of rotatable bonds is 6. The molecule has 0 radical (unpaired) electrons. The third-order valence-corrected chi connectivity index (χ3v) is 3.51. The van der Waals surface area contributed by atoms with E-state index in [0.29, 0.717) is 0 Å². The summed E-state index contributed by atoms with van der Waals surface area (Å²) in [4.78, 5) is 7.52. The van der Waals surface area contributed by atoms with Crippen molar-refractivity contribution in [1.29, 1.82) is 0 Å². The molecule has 0 bridgehead atoms. The van der Waals surface area contributed by atoms with E-state index in [9.17, 15) is 4.39 Å². The number of methoxy groups -OCH3 is 1. The van der Waals surface area contributed by atoms with Crippen LogP contribution in [0.3, 0.4) is 0 Å². The Kier molecular flexibility index (Phi) is 3.69.